The van der Waals surface area contributed by atoms with Gasteiger partial charge < -0.3 is 25.0 Å². The van der Waals surface area contributed by atoms with Crippen molar-refractivity contribution in [2.24, 2.45) is 5.92 Å². The van der Waals surface area contributed by atoms with Crippen LogP contribution in [0.2, 0.25) is 0 Å². The Morgan fingerprint density at radius 1 is 1.35 bits per heavy atom. The Balaban J connectivity index is 2.92. The van der Waals surface area contributed by atoms with E-state index in [0.717, 1.165) is 6.92 Å². The van der Waals surface area contributed by atoms with Crippen molar-refractivity contribution in [3.8, 4) is 11.5 Å². The topological polar surface area (TPSA) is 105 Å². The van der Waals surface area contributed by atoms with Gasteiger partial charge in [0.05, 0.1) is 25.8 Å². The quantitative estimate of drug-likeness (QED) is 0.665. The van der Waals surface area contributed by atoms with Crippen molar-refractivity contribution in [1.82, 2.24) is 5.32 Å². The number of aliphatic hydroxyl groups is 1. The highest BCUT2D eigenvalue weighted by Gasteiger charge is 2.30. The van der Waals surface area contributed by atoms with Gasteiger partial charge in [0.2, 0.25) is 0 Å². The van der Waals surface area contributed by atoms with E-state index >= 15 is 0 Å². The summed E-state index contributed by atoms with van der Waals surface area (Å²) >= 11 is 0. The number of carbonyl (C=O) groups excluding carboxylic acids is 1. The summed E-state index contributed by atoms with van der Waals surface area (Å²) in [6, 6.07) is 4.72. The zero-order chi connectivity index (χ0) is 17.6. The predicted octanol–water partition coefficient (Wildman–Crippen LogP) is 1.30. The molecule has 0 aliphatic heterocycles. The van der Waals surface area contributed by atoms with Crippen LogP contribution in [-0.2, 0) is 4.79 Å². The predicted molar refractivity (Wildman–Crippen MR) is 83.9 cm³/mol. The van der Waals surface area contributed by atoms with Crippen LogP contribution in [0.3, 0.4) is 0 Å². The van der Waals surface area contributed by atoms with Gasteiger partial charge in [0, 0.05) is 6.07 Å². The number of ether oxygens (including phenoxy) is 2. The van der Waals surface area contributed by atoms with Gasteiger partial charge >= 0.3 is 5.97 Å². The first-order valence-electron chi connectivity index (χ1n) is 7.22. The number of nitrogens with one attached hydrogen (secondary N) is 1. The molecule has 7 nitrogen and oxygen atoms in total. The highest BCUT2D eigenvalue weighted by Crippen LogP contribution is 2.25. The zero-order valence-corrected chi connectivity index (χ0v) is 13.8. The van der Waals surface area contributed by atoms with E-state index in [0.29, 0.717) is 18.1 Å². The molecule has 0 fully saturated rings. The number of hydrogen-bond donors (Lipinski definition) is 3. The van der Waals surface area contributed by atoms with E-state index in [-0.39, 0.29) is 11.5 Å². The second kappa shape index (κ2) is 7.82. The van der Waals surface area contributed by atoms with Gasteiger partial charge in [0.15, 0.2) is 5.60 Å². The first-order chi connectivity index (χ1) is 10.7. The molecule has 0 aliphatic rings. The molecular formula is C16H23NO6. The highest BCUT2D eigenvalue weighted by molar-refractivity contribution is 5.97. The van der Waals surface area contributed by atoms with Crippen molar-refractivity contribution < 1.29 is 29.3 Å². The SMILES string of the molecule is COc1ccc(C(=O)NCC(C)(O)C(=O)O)c(OCC(C)C)c1. The minimum absolute atomic E-state index is 0.243. The van der Waals surface area contributed by atoms with Crippen molar-refractivity contribution in [3.05, 3.63) is 23.8 Å². The van der Waals surface area contributed by atoms with Gasteiger partial charge in [0.1, 0.15) is 11.5 Å². The Kier molecular flexibility index (Phi) is 6.38. The number of carbonyl (C=O) groups is 2. The van der Waals surface area contributed by atoms with Crippen LogP contribution in [0.5, 0.6) is 11.5 Å². The minimum Gasteiger partial charge on any atom is -0.497 e. The van der Waals surface area contributed by atoms with Crippen LogP contribution in [0.1, 0.15) is 31.1 Å². The molecule has 1 unspecified atom stereocenters. The third-order valence-electron chi connectivity index (χ3n) is 3.06. The fourth-order valence-corrected chi connectivity index (χ4v) is 1.62. The molecule has 128 valence electrons. The number of methoxy groups -OCH3 is 1. The average molecular weight is 325 g/mol. The molecule has 0 saturated heterocycles. The number of carboxylic acids is 1. The summed E-state index contributed by atoms with van der Waals surface area (Å²) < 4.78 is 10.7. The lowest BCUT2D eigenvalue weighted by Crippen LogP contribution is -2.46. The van der Waals surface area contributed by atoms with Crippen LogP contribution in [0.25, 0.3) is 0 Å². The summed E-state index contributed by atoms with van der Waals surface area (Å²) in [6.07, 6.45) is 0. The summed E-state index contributed by atoms with van der Waals surface area (Å²) in [6.45, 7) is 5.06. The second-order valence-corrected chi connectivity index (χ2v) is 5.83. The Labute approximate surface area is 135 Å². The molecule has 0 bridgehead atoms. The largest absolute Gasteiger partial charge is 0.497 e. The van der Waals surface area contributed by atoms with Gasteiger partial charge in [-0.25, -0.2) is 4.79 Å². The molecular weight excluding hydrogens is 302 g/mol. The third kappa shape index (κ3) is 5.45. The van der Waals surface area contributed by atoms with E-state index in [1.54, 1.807) is 12.1 Å². The summed E-state index contributed by atoms with van der Waals surface area (Å²) in [4.78, 5) is 23.1. The number of rotatable bonds is 8. The Bertz CT molecular complexity index is 568. The van der Waals surface area contributed by atoms with E-state index < -0.39 is 24.0 Å². The summed E-state index contributed by atoms with van der Waals surface area (Å²) in [5.41, 5.74) is -1.80. The summed E-state index contributed by atoms with van der Waals surface area (Å²) in [5, 5.41) is 20.9. The molecule has 0 aliphatic carbocycles. The molecule has 1 atom stereocenters. The smallest absolute Gasteiger partial charge is 0.337 e. The number of benzene rings is 1. The zero-order valence-electron chi connectivity index (χ0n) is 13.8. The first-order valence-corrected chi connectivity index (χ1v) is 7.22. The van der Waals surface area contributed by atoms with Gasteiger partial charge in [-0.05, 0) is 25.0 Å². The maximum absolute atomic E-state index is 12.2. The van der Waals surface area contributed by atoms with Gasteiger partial charge in [0.25, 0.3) is 5.91 Å². The number of aliphatic carboxylic acids is 1. The third-order valence-corrected chi connectivity index (χ3v) is 3.06. The van der Waals surface area contributed by atoms with Crippen molar-refractivity contribution in [1.29, 1.82) is 0 Å². The number of amides is 1. The Morgan fingerprint density at radius 2 is 2.00 bits per heavy atom. The molecule has 1 aromatic carbocycles. The molecule has 7 heteroatoms. The van der Waals surface area contributed by atoms with Crippen LogP contribution >= 0.6 is 0 Å². The molecule has 23 heavy (non-hydrogen) atoms. The van der Waals surface area contributed by atoms with E-state index in [4.69, 9.17) is 14.6 Å². The monoisotopic (exact) mass is 325 g/mol. The maximum Gasteiger partial charge on any atom is 0.337 e. The van der Waals surface area contributed by atoms with Crippen molar-refractivity contribution >= 4 is 11.9 Å². The van der Waals surface area contributed by atoms with Gasteiger partial charge in [-0.15, -0.1) is 0 Å². The van der Waals surface area contributed by atoms with Crippen molar-refractivity contribution in [2.75, 3.05) is 20.3 Å². The molecule has 0 spiro atoms. The molecule has 1 amide bonds. The molecule has 0 radical (unpaired) electrons. The van der Waals surface area contributed by atoms with Crippen molar-refractivity contribution in [2.45, 2.75) is 26.4 Å². The molecule has 1 aromatic rings. The maximum atomic E-state index is 12.2. The lowest BCUT2D eigenvalue weighted by Gasteiger charge is -2.19. The molecule has 0 saturated carbocycles. The van der Waals surface area contributed by atoms with Crippen LogP contribution < -0.4 is 14.8 Å². The second-order valence-electron chi connectivity index (χ2n) is 5.83. The van der Waals surface area contributed by atoms with Gasteiger partial charge in [-0.1, -0.05) is 13.8 Å². The van der Waals surface area contributed by atoms with Gasteiger partial charge in [-0.3, -0.25) is 4.79 Å². The van der Waals surface area contributed by atoms with Gasteiger partial charge in [-0.2, -0.15) is 0 Å². The van der Waals surface area contributed by atoms with Crippen LogP contribution in [-0.4, -0.2) is 48.0 Å². The lowest BCUT2D eigenvalue weighted by atomic mass is 10.1. The Morgan fingerprint density at radius 3 is 2.52 bits per heavy atom. The number of carboxylic acid groups (broad SMARTS) is 1. The van der Waals surface area contributed by atoms with E-state index in [1.807, 2.05) is 13.8 Å². The summed E-state index contributed by atoms with van der Waals surface area (Å²) in [7, 11) is 1.51. The van der Waals surface area contributed by atoms with E-state index in [1.165, 1.54) is 13.2 Å². The van der Waals surface area contributed by atoms with Crippen LogP contribution in [0, 0.1) is 5.92 Å². The minimum atomic E-state index is -2.04. The lowest BCUT2D eigenvalue weighted by molar-refractivity contribution is -0.155. The number of hydrogen-bond acceptors (Lipinski definition) is 5. The van der Waals surface area contributed by atoms with Crippen molar-refractivity contribution in [3.63, 3.8) is 0 Å². The van der Waals surface area contributed by atoms with Crippen LogP contribution in [0.4, 0.5) is 0 Å². The normalized spacial score (nSPS) is 13.3. The fourth-order valence-electron chi connectivity index (χ4n) is 1.62. The highest BCUT2D eigenvalue weighted by atomic mass is 16.5. The molecule has 3 N–H and O–H groups in total. The first kappa shape index (κ1) is 18.8. The molecule has 1 rings (SSSR count). The van der Waals surface area contributed by atoms with E-state index in [2.05, 4.69) is 5.32 Å². The van der Waals surface area contributed by atoms with E-state index in [9.17, 15) is 14.7 Å². The molecule has 0 aromatic heterocycles. The standard InChI is InChI=1S/C16H23NO6/c1-10(2)8-23-13-7-11(22-4)5-6-12(13)14(18)17-9-16(3,21)15(19)20/h5-7,10,21H,8-9H2,1-4H3,(H,17,18)(H,19,20). The fraction of sp³-hybridized carbons (Fsp3) is 0.500. The van der Waals surface area contributed by atoms with Crippen LogP contribution in [0.15, 0.2) is 18.2 Å². The Hall–Kier alpha value is -2.28. The summed E-state index contributed by atoms with van der Waals surface area (Å²) in [5.74, 6) is -0.801. The average Bonchev–Trinajstić information content (AvgIpc) is 2.50. The molecule has 0 heterocycles.